The van der Waals surface area contributed by atoms with Gasteiger partial charge in [0.1, 0.15) is 49.3 Å². The minimum absolute atomic E-state index is 0.0742. The second-order valence-electron chi connectivity index (χ2n) is 22.3. The minimum Gasteiger partial charge on any atom is -0.479 e. The van der Waals surface area contributed by atoms with E-state index in [1.54, 1.807) is 19.9 Å². The first-order valence-corrected chi connectivity index (χ1v) is 23.0. The Hall–Kier alpha value is -2.06. The Morgan fingerprint density at radius 1 is 0.794 bits per heavy atom. The molecule has 63 heavy (non-hydrogen) atoms. The fourth-order valence-electron chi connectivity index (χ4n) is 14.4. The van der Waals surface area contributed by atoms with Crippen LogP contribution in [-0.2, 0) is 33.3 Å². The third-order valence-corrected chi connectivity index (χ3v) is 18.3. The van der Waals surface area contributed by atoms with E-state index in [-0.39, 0.29) is 40.6 Å². The fraction of sp³-hybridized carbons (Fsp3) is 0.872. The lowest BCUT2D eigenvalue weighted by atomic mass is 9.33. The molecular formula is C47H74O16. The molecule has 0 aromatic carbocycles. The molecular weight excluding hydrogens is 821 g/mol. The van der Waals surface area contributed by atoms with E-state index in [0.29, 0.717) is 24.8 Å². The van der Waals surface area contributed by atoms with Crippen molar-refractivity contribution in [1.82, 2.24) is 0 Å². The van der Waals surface area contributed by atoms with Gasteiger partial charge in [-0.3, -0.25) is 0 Å². The van der Waals surface area contributed by atoms with Gasteiger partial charge in [0.2, 0.25) is 0 Å². The summed E-state index contributed by atoms with van der Waals surface area (Å²) in [6.45, 7) is 18.2. The zero-order chi connectivity index (χ0) is 46.6. The number of allylic oxidation sites excluding steroid dienone is 3. The summed E-state index contributed by atoms with van der Waals surface area (Å²) in [5.41, 5.74) is -1.00. The molecule has 16 nitrogen and oxygen atoms in total. The molecule has 0 amide bonds. The molecule has 358 valence electrons. The van der Waals surface area contributed by atoms with Crippen LogP contribution in [0.15, 0.2) is 23.3 Å². The van der Waals surface area contributed by atoms with Gasteiger partial charge < -0.3 is 69.6 Å². The molecule has 4 saturated carbocycles. The summed E-state index contributed by atoms with van der Waals surface area (Å²) in [6.07, 6.45) is -10.4. The maximum absolute atomic E-state index is 13.0. The van der Waals surface area contributed by atoms with Crippen LogP contribution in [0.2, 0.25) is 0 Å². The quantitative estimate of drug-likeness (QED) is 0.0697. The third kappa shape index (κ3) is 7.58. The maximum Gasteiger partial charge on any atom is 0.335 e. The molecule has 7 aliphatic rings. The first-order chi connectivity index (χ1) is 29.2. The van der Waals surface area contributed by atoms with Gasteiger partial charge in [-0.25, -0.2) is 9.59 Å². The normalized spacial score (nSPS) is 50.5. The van der Waals surface area contributed by atoms with Crippen molar-refractivity contribution < 1.29 is 79.2 Å². The molecule has 6 fully saturated rings. The van der Waals surface area contributed by atoms with Crippen LogP contribution in [0, 0.1) is 50.2 Å². The Balaban J connectivity index is 1.15. The molecule has 0 aromatic heterocycles. The number of carboxylic acid groups (broad SMARTS) is 1. The van der Waals surface area contributed by atoms with Crippen molar-refractivity contribution in [2.75, 3.05) is 13.2 Å². The summed E-state index contributed by atoms with van der Waals surface area (Å²) >= 11 is 0. The van der Waals surface area contributed by atoms with Crippen LogP contribution in [0.3, 0.4) is 0 Å². The van der Waals surface area contributed by atoms with Gasteiger partial charge in [-0.15, -0.1) is 0 Å². The molecule has 5 aliphatic carbocycles. The van der Waals surface area contributed by atoms with E-state index in [0.717, 1.165) is 32.1 Å². The van der Waals surface area contributed by atoms with Gasteiger partial charge in [0, 0.05) is 5.57 Å². The van der Waals surface area contributed by atoms with E-state index in [1.165, 1.54) is 5.57 Å². The van der Waals surface area contributed by atoms with E-state index in [4.69, 9.17) is 23.7 Å². The second-order valence-corrected chi connectivity index (χ2v) is 22.3. The number of aliphatic hydroxyl groups excluding tert-OH is 8. The van der Waals surface area contributed by atoms with Crippen LogP contribution in [0.25, 0.3) is 0 Å². The second kappa shape index (κ2) is 16.9. The van der Waals surface area contributed by atoms with E-state index in [1.807, 2.05) is 0 Å². The number of aliphatic carboxylic acids is 1. The van der Waals surface area contributed by atoms with Crippen LogP contribution >= 0.6 is 0 Å². The fourth-order valence-corrected chi connectivity index (χ4v) is 14.4. The highest BCUT2D eigenvalue weighted by atomic mass is 16.7. The molecule has 0 aromatic rings. The number of fused-ring (bicyclic) bond motifs is 7. The topological polar surface area (TPSA) is 262 Å². The highest BCUT2D eigenvalue weighted by Gasteiger charge is 2.72. The van der Waals surface area contributed by atoms with Gasteiger partial charge in [0.05, 0.1) is 30.3 Å². The number of ether oxygens (including phenoxy) is 5. The van der Waals surface area contributed by atoms with Gasteiger partial charge in [-0.1, -0.05) is 66.2 Å². The highest BCUT2D eigenvalue weighted by Crippen LogP contribution is 2.76. The monoisotopic (exact) mass is 894 g/mol. The minimum atomic E-state index is -1.96. The lowest BCUT2D eigenvalue weighted by molar-refractivity contribution is -0.365. The zero-order valence-corrected chi connectivity index (χ0v) is 38.3. The molecule has 20 atom stereocenters. The molecule has 0 radical (unpaired) electrons. The Bertz CT molecular complexity index is 1800. The Morgan fingerprint density at radius 3 is 2.08 bits per heavy atom. The van der Waals surface area contributed by atoms with Crippen molar-refractivity contribution >= 4 is 11.9 Å². The predicted octanol–water partition coefficient (Wildman–Crippen LogP) is 2.34. The summed E-state index contributed by atoms with van der Waals surface area (Å²) in [7, 11) is 0. The number of esters is 1. The average Bonchev–Trinajstić information content (AvgIpc) is 3.20. The zero-order valence-electron chi connectivity index (χ0n) is 38.3. The molecule has 0 bridgehead atoms. The van der Waals surface area contributed by atoms with Crippen LogP contribution in [-0.4, -0.2) is 151 Å². The number of hydrogen-bond donors (Lipinski definition) is 9. The number of carboxylic acids is 1. The van der Waals surface area contributed by atoms with Gasteiger partial charge >= 0.3 is 11.9 Å². The average molecular weight is 895 g/mol. The Kier molecular flexibility index (Phi) is 13.1. The summed E-state index contributed by atoms with van der Waals surface area (Å²) in [4.78, 5) is 25.4. The molecule has 2 saturated heterocycles. The molecule has 2 aliphatic heterocycles. The number of carbonyl (C=O) groups excluding carboxylic acids is 1. The summed E-state index contributed by atoms with van der Waals surface area (Å²) in [5.74, 6) is -1.93. The van der Waals surface area contributed by atoms with Crippen LogP contribution in [0.5, 0.6) is 0 Å². The molecule has 16 heteroatoms. The lowest BCUT2D eigenvalue weighted by Gasteiger charge is -2.72. The van der Waals surface area contributed by atoms with Crippen molar-refractivity contribution in [2.45, 2.75) is 193 Å². The number of aliphatic hydroxyl groups is 8. The van der Waals surface area contributed by atoms with E-state index >= 15 is 0 Å². The Labute approximate surface area is 370 Å². The summed E-state index contributed by atoms with van der Waals surface area (Å²) < 4.78 is 29.5. The van der Waals surface area contributed by atoms with Crippen molar-refractivity contribution in [3.8, 4) is 0 Å². The van der Waals surface area contributed by atoms with E-state index < -0.39 is 115 Å². The first kappa shape index (κ1) is 48.9. The molecule has 9 N–H and O–H groups in total. The summed E-state index contributed by atoms with van der Waals surface area (Å²) in [6, 6.07) is 0. The van der Waals surface area contributed by atoms with Crippen molar-refractivity contribution in [3.63, 3.8) is 0 Å². The lowest BCUT2D eigenvalue weighted by Crippen LogP contribution is -2.69. The Morgan fingerprint density at radius 2 is 1.44 bits per heavy atom. The van der Waals surface area contributed by atoms with Gasteiger partial charge in [-0.05, 0) is 110 Å². The number of hydrogen-bond acceptors (Lipinski definition) is 15. The number of carbonyl (C=O) groups is 2. The van der Waals surface area contributed by atoms with Gasteiger partial charge in [-0.2, -0.15) is 0 Å². The molecule has 7 rings (SSSR count). The van der Waals surface area contributed by atoms with Crippen LogP contribution in [0.1, 0.15) is 114 Å². The van der Waals surface area contributed by atoms with E-state index in [2.05, 4.69) is 54.5 Å². The van der Waals surface area contributed by atoms with Gasteiger partial charge in [0.25, 0.3) is 0 Å². The van der Waals surface area contributed by atoms with Crippen molar-refractivity contribution in [2.24, 2.45) is 50.2 Å². The van der Waals surface area contributed by atoms with Crippen molar-refractivity contribution in [3.05, 3.63) is 23.3 Å². The van der Waals surface area contributed by atoms with E-state index in [9.17, 15) is 55.5 Å². The molecule has 0 spiro atoms. The van der Waals surface area contributed by atoms with Gasteiger partial charge in [0.15, 0.2) is 18.7 Å². The first-order valence-electron chi connectivity index (χ1n) is 23.0. The largest absolute Gasteiger partial charge is 0.479 e. The number of rotatable bonds is 9. The van der Waals surface area contributed by atoms with Crippen LogP contribution in [0.4, 0.5) is 0 Å². The van der Waals surface area contributed by atoms with Crippen LogP contribution < -0.4 is 0 Å². The van der Waals surface area contributed by atoms with Crippen molar-refractivity contribution in [1.29, 1.82) is 0 Å². The SMILES string of the molecule is CC=C(C)C(=O)OCC12C(O)CC(C)(C)CC1C1=CCC3C4(C)CCC(OC5OC(C(=O)O)C(O)C(OC6OC(CO)C(O)C(O)C6O)C5O)C(C)(C)C4CCC3(C)C1(C)CC2O. The maximum atomic E-state index is 13.0. The highest BCUT2D eigenvalue weighted by molar-refractivity contribution is 5.87. The standard InChI is InChI=1S/C47H74O16/c1-10-22(2)39(58)59-21-47-24(17-42(3,4)18-28(47)49)23-11-12-27-44(7)15-14-30(43(5,6)26(44)13-16-45(27,8)46(23,9)19-29(47)50)61-41-35(55)36(34(54)37(63-41)38(56)57)62-40-33(53)32(52)31(51)25(20-48)60-40/h10-11,24-37,40-41,48-55H,12-21H2,1-9H3,(H,56,57). The molecule has 2 heterocycles. The molecule has 20 unspecified atom stereocenters. The third-order valence-electron chi connectivity index (χ3n) is 18.3. The summed E-state index contributed by atoms with van der Waals surface area (Å²) in [5, 5.41) is 98.2. The predicted molar refractivity (Wildman–Crippen MR) is 224 cm³/mol. The smallest absolute Gasteiger partial charge is 0.335 e.